The zero-order chi connectivity index (χ0) is 90.5. The zero-order valence-corrected chi connectivity index (χ0v) is 76.1. The highest BCUT2D eigenvalue weighted by molar-refractivity contribution is 8.08. The fraction of sp³-hybridized carbons (Fsp3) is 0.541. The van der Waals surface area contributed by atoms with Gasteiger partial charge in [0.15, 0.2) is 51.5 Å². The largest absolute Gasteiger partial charge is 0.382 e. The Bertz CT molecular complexity index is 6590. The van der Waals surface area contributed by atoms with Crippen molar-refractivity contribution in [3.63, 3.8) is 0 Å². The third kappa shape index (κ3) is 20.7. The van der Waals surface area contributed by atoms with E-state index in [1.54, 1.807) is 6.92 Å². The van der Waals surface area contributed by atoms with Gasteiger partial charge in [0.2, 0.25) is 11.9 Å². The van der Waals surface area contributed by atoms with E-state index in [1.807, 2.05) is 0 Å². The van der Waals surface area contributed by atoms with Gasteiger partial charge in [0.05, 0.1) is 88.4 Å². The number of hydrogen-bond acceptors (Lipinski definition) is 44. The molecule has 66 heteroatoms. The highest BCUT2D eigenvalue weighted by Crippen LogP contribution is 2.59. The summed E-state index contributed by atoms with van der Waals surface area (Å²) >= 11 is 33.5. The van der Waals surface area contributed by atoms with Crippen LogP contribution in [0.3, 0.4) is 0 Å². The number of nitrogens with two attached hydrogens (primary N) is 4. The number of aryl methyl sites for hydroxylation is 2. The summed E-state index contributed by atoms with van der Waals surface area (Å²) in [5.41, 5.74) is 20.6. The summed E-state index contributed by atoms with van der Waals surface area (Å²) in [6.45, 7) is -25.1. The van der Waals surface area contributed by atoms with Gasteiger partial charge in [-0.25, -0.2) is 49.5 Å². The van der Waals surface area contributed by atoms with E-state index in [0.29, 0.717) is 6.42 Å². The van der Waals surface area contributed by atoms with Crippen molar-refractivity contribution in [2.45, 2.75) is 177 Å². The standard InChI is InChI=1S/C61H78N24O30P6S6/c1-5-26-27(6-37(103-26)80-12-24(2)53(86)78-60(80)90)110-117(93,123)99-15-34-29(7-38(104-34)81-13-25(3)54(87)79-61(81)91)111-118(94,124)101-17-36-31(10-41(107-36)85-23-73-46-52(85)75-59(65)77-56(46)89)113-121(97,127)115-57-32(11-42(108-57)83-21-71-44-48(63)67-19-69-50(44)83)114-120(96,126)102-16-35-30(9-39(105-35)82-20-70-43-47(62)66-18-68-49(43)82)112-119(95,125)100-14-33-28(109-116(92,122)98-4)8-40(106-33)84-22-72-45-51(84)74-58(64)76-55(45)88/h12-13,18-23,26-42,57H,5-11,14-17H2,1-4H3,(H,92,122)(H,93,123)(H,94,124)(H,95,125)(H,96,126)(H,97,127)(H2,62,66,68)(H2,63,67,69)(H,78,86,90)(H,79,87,91)(H3,64,74,76,88)(H3,65,75,77,89)/t26-,27?,28?,29?,30?,31?,32?,33-,34-,35-,36-,37-,38-,39-,40-,41-,42-,57-,116?,117?,118?,119?,120?,121?/m1/s1. The van der Waals surface area contributed by atoms with E-state index in [1.165, 1.54) is 80.7 Å². The number of aromatic amines is 4. The predicted octanol–water partition coefficient (Wildman–Crippen LogP) is 0.413. The maximum atomic E-state index is 13.4. The van der Waals surface area contributed by atoms with Gasteiger partial charge in [0.1, 0.15) is 91.6 Å². The normalized spacial score (nSPS) is 29.3. The number of nitrogens with zero attached hydrogens (tertiary/aromatic N) is 16. The van der Waals surface area contributed by atoms with Gasteiger partial charge in [0, 0.05) is 69.2 Å². The molecular formula is C61H78N24O30P6S6. The second-order valence-corrected chi connectivity index (χ2v) is 46.0. The van der Waals surface area contributed by atoms with Crippen LogP contribution in [0, 0.1) is 13.8 Å². The fourth-order valence-electron chi connectivity index (χ4n) is 14.9. The van der Waals surface area contributed by atoms with Crippen LogP contribution in [0.1, 0.15) is 100 Å². The van der Waals surface area contributed by atoms with E-state index >= 15 is 0 Å². The number of nitrogen functional groups attached to an aromatic ring is 4. The molecule has 0 saturated carbocycles. The monoisotopic (exact) mass is 2000 g/mol. The van der Waals surface area contributed by atoms with Crippen LogP contribution in [0.2, 0.25) is 0 Å². The molecule has 0 aromatic carbocycles. The van der Waals surface area contributed by atoms with Gasteiger partial charge in [0.25, 0.3) is 22.2 Å². The first kappa shape index (κ1) is 93.5. The van der Waals surface area contributed by atoms with E-state index in [9.17, 15) is 58.1 Å². The molecule has 0 amide bonds. The second kappa shape index (κ2) is 37.0. The molecule has 6 aliphatic rings. The molecule has 16 rings (SSSR count). The molecule has 6 saturated heterocycles. The lowest BCUT2D eigenvalue weighted by molar-refractivity contribution is -0.130. The first-order chi connectivity index (χ1) is 60.0. The maximum Gasteiger partial charge on any atom is 0.330 e. The average Bonchev–Trinajstić information content (AvgIpc) is 1.63. The Labute approximate surface area is 740 Å². The number of anilines is 4. The Morgan fingerprint density at radius 1 is 0.386 bits per heavy atom. The number of aromatic nitrogens is 20. The third-order valence-electron chi connectivity index (χ3n) is 20.8. The maximum absolute atomic E-state index is 13.4. The smallest absolute Gasteiger partial charge is 0.330 e. The molecule has 0 spiro atoms. The molecule has 0 bridgehead atoms. The van der Waals surface area contributed by atoms with Crippen LogP contribution in [0.5, 0.6) is 0 Å². The van der Waals surface area contributed by atoms with Crippen molar-refractivity contribution in [2.75, 3.05) is 56.5 Å². The van der Waals surface area contributed by atoms with Crippen molar-refractivity contribution < 1.29 is 112 Å². The highest BCUT2D eigenvalue weighted by atomic mass is 32.5. The van der Waals surface area contributed by atoms with Gasteiger partial charge in [-0.1, -0.05) is 6.92 Å². The molecule has 10 aromatic heterocycles. The predicted molar refractivity (Wildman–Crippen MR) is 458 cm³/mol. The zero-order valence-electron chi connectivity index (χ0n) is 65.9. The van der Waals surface area contributed by atoms with Crippen LogP contribution in [-0.4, -0.2) is 234 Å². The molecule has 18 N–H and O–H groups in total. The van der Waals surface area contributed by atoms with Gasteiger partial charge in [-0.3, -0.25) is 75.6 Å². The lowest BCUT2D eigenvalue weighted by Crippen LogP contribution is -2.33. The number of imidazole rings is 4. The Morgan fingerprint density at radius 3 is 1.06 bits per heavy atom. The second-order valence-electron chi connectivity index (χ2n) is 29.2. The van der Waals surface area contributed by atoms with E-state index in [2.05, 4.69) is 69.8 Å². The summed E-state index contributed by atoms with van der Waals surface area (Å²) in [5.74, 6) is -0.541. The summed E-state index contributed by atoms with van der Waals surface area (Å²) in [6, 6.07) is 0. The van der Waals surface area contributed by atoms with Gasteiger partial charge in [-0.15, -0.1) is 0 Å². The van der Waals surface area contributed by atoms with Gasteiger partial charge in [-0.2, -0.15) is 9.97 Å². The summed E-state index contributed by atoms with van der Waals surface area (Å²) in [5, 5.41) is 0. The van der Waals surface area contributed by atoms with Crippen LogP contribution in [0.4, 0.5) is 23.5 Å². The molecule has 12 unspecified atom stereocenters. The molecule has 16 heterocycles. The summed E-state index contributed by atoms with van der Waals surface area (Å²) in [6.07, 6.45) is -13.8. The van der Waals surface area contributed by atoms with Gasteiger partial charge < -0.3 is 126 Å². The third-order valence-corrected chi connectivity index (χ3v) is 30.4. The van der Waals surface area contributed by atoms with Gasteiger partial charge in [-0.05, 0) is 91.1 Å². The highest BCUT2D eigenvalue weighted by Gasteiger charge is 2.51. The van der Waals surface area contributed by atoms with Crippen molar-refractivity contribution in [2.24, 2.45) is 0 Å². The number of nitrogens with one attached hydrogen (secondary N) is 4. The molecule has 0 aliphatic carbocycles. The van der Waals surface area contributed by atoms with Crippen molar-refractivity contribution in [3.8, 4) is 0 Å². The Hall–Kier alpha value is -6.70. The Balaban J connectivity index is 0.633. The molecule has 6 fully saturated rings. The van der Waals surface area contributed by atoms with Crippen molar-refractivity contribution in [1.82, 2.24) is 97.2 Å². The van der Waals surface area contributed by atoms with Crippen molar-refractivity contribution >= 4 is 179 Å². The molecule has 10 aromatic rings. The Kier molecular flexibility index (Phi) is 27.3. The minimum Gasteiger partial charge on any atom is -0.382 e. The van der Waals surface area contributed by atoms with Crippen LogP contribution in [-0.2, 0) is 154 Å². The molecule has 54 nitrogen and oxygen atoms in total. The van der Waals surface area contributed by atoms with E-state index in [0.717, 1.165) is 18.0 Å². The number of H-pyrrole nitrogens is 4. The minimum atomic E-state index is -4.89. The van der Waals surface area contributed by atoms with Crippen LogP contribution in [0.25, 0.3) is 44.7 Å². The first-order valence-corrected chi connectivity index (χ1v) is 53.4. The van der Waals surface area contributed by atoms with Crippen molar-refractivity contribution in [1.29, 1.82) is 0 Å². The lowest BCUT2D eigenvalue weighted by atomic mass is 10.1. The molecule has 24 atom stereocenters. The first-order valence-electron chi connectivity index (χ1n) is 37.8. The number of rotatable bonds is 34. The molecule has 6 aliphatic heterocycles. The molecule has 0 radical (unpaired) electrons. The Morgan fingerprint density at radius 2 is 0.693 bits per heavy atom. The summed E-state index contributed by atoms with van der Waals surface area (Å²) in [7, 11) is 1.13. The molecule has 127 heavy (non-hydrogen) atoms. The number of fused-ring (bicyclic) bond motifs is 4. The van der Waals surface area contributed by atoms with Crippen LogP contribution in [0.15, 0.2) is 79.1 Å². The van der Waals surface area contributed by atoms with E-state index < -0.39 is 211 Å². The summed E-state index contributed by atoms with van der Waals surface area (Å²) in [4.78, 5) is 200. The van der Waals surface area contributed by atoms with E-state index in [-0.39, 0.29) is 118 Å². The SMILES string of the molecule is CC[C@H]1O[C@@H](n2cc(C)c(=O)[nH]c2=O)CC1OP(O)(=S)OC[C@H]1O[C@@H](n2cc(C)c(=O)[nH]c2=O)CC1OP(O)(=S)OC[C@H]1O[C@@H](n2cnc3c(=O)[nH]c(N)nc32)CC1OP(O)(=S)O[C@H]1O[C@@H](n2cnc3c(N)ncnc32)CC1OP(O)(=S)OC[C@H]1O[C@@H](n2cnc3c(N)ncnc32)CC1OP(O)(=S)OC[C@H]1O[C@@H](n2cnc3c(=O)[nH]c(N)nc32)CC1OP(O)(=S)OC. The molecular weight excluding hydrogens is 1930 g/mol. The van der Waals surface area contributed by atoms with Crippen LogP contribution >= 0.6 is 40.3 Å². The average molecular weight is 2010 g/mol. The lowest BCUT2D eigenvalue weighted by Gasteiger charge is -2.29. The van der Waals surface area contributed by atoms with Gasteiger partial charge >= 0.3 is 51.7 Å². The summed E-state index contributed by atoms with van der Waals surface area (Å²) < 4.78 is 118. The fourth-order valence-corrected chi connectivity index (χ4v) is 23.4. The van der Waals surface area contributed by atoms with Crippen molar-refractivity contribution in [3.05, 3.63) is 124 Å². The minimum absolute atomic E-state index is 0.0209. The number of ether oxygens (including phenoxy) is 6. The number of hydrogen-bond donors (Lipinski definition) is 14. The topological polar surface area (TPSA) is 716 Å². The van der Waals surface area contributed by atoms with E-state index in [4.69, 9.17) is 176 Å². The quantitative estimate of drug-likeness (QED) is 0.0243. The molecule has 688 valence electrons. The van der Waals surface area contributed by atoms with Crippen LogP contribution < -0.4 is 56.6 Å².